The molecule has 5 heteroatoms. The van der Waals surface area contributed by atoms with Gasteiger partial charge in [0, 0.05) is 13.2 Å². The van der Waals surface area contributed by atoms with Crippen molar-refractivity contribution in [2.45, 2.75) is 51.7 Å². The van der Waals surface area contributed by atoms with Crippen LogP contribution < -0.4 is 4.74 Å². The van der Waals surface area contributed by atoms with E-state index in [4.69, 9.17) is 9.47 Å². The summed E-state index contributed by atoms with van der Waals surface area (Å²) in [6.45, 7) is 7.98. The number of pyridine rings is 1. The van der Waals surface area contributed by atoms with Crippen molar-refractivity contribution in [2.75, 3.05) is 13.7 Å². The van der Waals surface area contributed by atoms with E-state index in [9.17, 15) is 4.79 Å². The average molecular weight is 292 g/mol. The Bertz CT molecular complexity index is 518. The second-order valence-electron chi connectivity index (χ2n) is 6.64. The van der Waals surface area contributed by atoms with Crippen LogP contribution in [0.2, 0.25) is 0 Å². The van der Waals surface area contributed by atoms with Gasteiger partial charge < -0.3 is 14.4 Å². The molecule has 21 heavy (non-hydrogen) atoms. The first-order chi connectivity index (χ1) is 9.73. The van der Waals surface area contributed by atoms with Gasteiger partial charge in [0.1, 0.15) is 18.0 Å². The molecule has 0 radical (unpaired) electrons. The van der Waals surface area contributed by atoms with Gasteiger partial charge in [-0.1, -0.05) is 0 Å². The highest BCUT2D eigenvalue weighted by Crippen LogP contribution is 2.42. The summed E-state index contributed by atoms with van der Waals surface area (Å²) >= 11 is 0. The second-order valence-corrected chi connectivity index (χ2v) is 6.64. The number of carbonyl (C=O) groups excluding carboxylic acids is 1. The number of carbonyl (C=O) groups is 1. The standard InChI is InChI=1S/C16H24N2O3/c1-12-13(7-6-10-17-12)20-11-16(8-9-16)18(5)14(19)21-15(2,3)4/h6-7,10H,8-9,11H2,1-5H3. The highest BCUT2D eigenvalue weighted by atomic mass is 16.6. The summed E-state index contributed by atoms with van der Waals surface area (Å²) in [5.41, 5.74) is 0.126. The van der Waals surface area contributed by atoms with E-state index < -0.39 is 5.60 Å². The highest BCUT2D eigenvalue weighted by molar-refractivity contribution is 5.69. The van der Waals surface area contributed by atoms with E-state index in [0.717, 1.165) is 24.3 Å². The normalized spacial score (nSPS) is 16.2. The zero-order valence-electron chi connectivity index (χ0n) is 13.5. The molecule has 1 saturated carbocycles. The van der Waals surface area contributed by atoms with Crippen LogP contribution in [0.3, 0.4) is 0 Å². The molecule has 0 unspecified atom stereocenters. The maximum absolute atomic E-state index is 12.2. The fraction of sp³-hybridized carbons (Fsp3) is 0.625. The average Bonchev–Trinajstić information content (AvgIpc) is 3.16. The fourth-order valence-electron chi connectivity index (χ4n) is 2.08. The van der Waals surface area contributed by atoms with Gasteiger partial charge in [-0.3, -0.25) is 4.98 Å². The molecule has 1 aliphatic rings. The molecule has 0 aliphatic heterocycles. The van der Waals surface area contributed by atoms with Gasteiger partial charge in [0.25, 0.3) is 0 Å². The number of amides is 1. The lowest BCUT2D eigenvalue weighted by Crippen LogP contribution is -2.45. The molecule has 1 aromatic heterocycles. The molecule has 116 valence electrons. The number of hydrogen-bond donors (Lipinski definition) is 0. The van der Waals surface area contributed by atoms with Crippen molar-refractivity contribution in [2.24, 2.45) is 0 Å². The minimum absolute atomic E-state index is 0.245. The third kappa shape index (κ3) is 3.86. The lowest BCUT2D eigenvalue weighted by Gasteiger charge is -2.30. The molecule has 2 rings (SSSR count). The van der Waals surface area contributed by atoms with Crippen LogP contribution in [0.15, 0.2) is 18.3 Å². The van der Waals surface area contributed by atoms with Crippen LogP contribution in [0, 0.1) is 6.92 Å². The van der Waals surface area contributed by atoms with Gasteiger partial charge in [-0.15, -0.1) is 0 Å². The predicted octanol–water partition coefficient (Wildman–Crippen LogP) is 3.17. The first-order valence-electron chi connectivity index (χ1n) is 7.25. The summed E-state index contributed by atoms with van der Waals surface area (Å²) in [6.07, 6.45) is 3.30. The van der Waals surface area contributed by atoms with Crippen molar-refractivity contribution in [3.05, 3.63) is 24.0 Å². The van der Waals surface area contributed by atoms with E-state index >= 15 is 0 Å². The second kappa shape index (κ2) is 5.54. The Labute approximate surface area is 126 Å². The van der Waals surface area contributed by atoms with Crippen molar-refractivity contribution in [3.63, 3.8) is 0 Å². The molecule has 0 aromatic carbocycles. The quantitative estimate of drug-likeness (QED) is 0.855. The Hall–Kier alpha value is -1.78. The van der Waals surface area contributed by atoms with E-state index in [1.54, 1.807) is 18.1 Å². The van der Waals surface area contributed by atoms with Gasteiger partial charge in [-0.25, -0.2) is 4.79 Å². The van der Waals surface area contributed by atoms with Gasteiger partial charge in [-0.2, -0.15) is 0 Å². The van der Waals surface area contributed by atoms with Crippen molar-refractivity contribution in [1.29, 1.82) is 0 Å². The molecule has 0 bridgehead atoms. The Morgan fingerprint density at radius 1 is 1.43 bits per heavy atom. The monoisotopic (exact) mass is 292 g/mol. The number of likely N-dealkylation sites (N-methyl/N-ethyl adjacent to an activating group) is 1. The maximum atomic E-state index is 12.2. The smallest absolute Gasteiger partial charge is 0.410 e. The topological polar surface area (TPSA) is 51.7 Å². The van der Waals surface area contributed by atoms with Gasteiger partial charge in [0.05, 0.1) is 11.2 Å². The molecule has 1 aliphatic carbocycles. The zero-order chi connectivity index (χ0) is 15.7. The summed E-state index contributed by atoms with van der Waals surface area (Å²) in [4.78, 5) is 18.0. The van der Waals surface area contributed by atoms with Gasteiger partial charge in [0.15, 0.2) is 0 Å². The number of rotatable bonds is 4. The van der Waals surface area contributed by atoms with Crippen LogP contribution in [-0.4, -0.2) is 40.8 Å². The molecule has 0 spiro atoms. The van der Waals surface area contributed by atoms with Crippen molar-refractivity contribution in [1.82, 2.24) is 9.88 Å². The summed E-state index contributed by atoms with van der Waals surface area (Å²) in [5, 5.41) is 0. The predicted molar refractivity (Wildman–Crippen MR) is 80.4 cm³/mol. The van der Waals surface area contributed by atoms with Gasteiger partial charge >= 0.3 is 6.09 Å². The zero-order valence-corrected chi connectivity index (χ0v) is 13.5. The van der Waals surface area contributed by atoms with E-state index in [2.05, 4.69) is 4.98 Å². The molecule has 1 aromatic rings. The molecule has 1 amide bonds. The Balaban J connectivity index is 1.96. The van der Waals surface area contributed by atoms with Crippen LogP contribution in [0.5, 0.6) is 5.75 Å². The molecule has 0 N–H and O–H groups in total. The van der Waals surface area contributed by atoms with Crippen LogP contribution >= 0.6 is 0 Å². The maximum Gasteiger partial charge on any atom is 0.410 e. The summed E-state index contributed by atoms with van der Waals surface area (Å²) in [5.74, 6) is 0.765. The largest absolute Gasteiger partial charge is 0.489 e. The number of ether oxygens (including phenoxy) is 2. The third-order valence-corrected chi connectivity index (χ3v) is 3.66. The summed E-state index contributed by atoms with van der Waals surface area (Å²) in [7, 11) is 1.78. The van der Waals surface area contributed by atoms with Crippen LogP contribution in [0.1, 0.15) is 39.3 Å². The molecular formula is C16H24N2O3. The molecule has 1 heterocycles. The van der Waals surface area contributed by atoms with Crippen LogP contribution in [0.4, 0.5) is 4.79 Å². The van der Waals surface area contributed by atoms with Crippen LogP contribution in [-0.2, 0) is 4.74 Å². The molecule has 5 nitrogen and oxygen atoms in total. The highest BCUT2D eigenvalue weighted by Gasteiger charge is 2.50. The minimum atomic E-state index is -0.484. The Morgan fingerprint density at radius 2 is 2.10 bits per heavy atom. The van der Waals surface area contributed by atoms with Gasteiger partial charge in [0.2, 0.25) is 0 Å². The number of hydrogen-bond acceptors (Lipinski definition) is 4. The number of nitrogens with zero attached hydrogens (tertiary/aromatic N) is 2. The minimum Gasteiger partial charge on any atom is -0.489 e. The first kappa shape index (κ1) is 15.6. The van der Waals surface area contributed by atoms with E-state index in [0.29, 0.717) is 6.61 Å². The van der Waals surface area contributed by atoms with Gasteiger partial charge in [-0.05, 0) is 52.7 Å². The molecule has 0 atom stereocenters. The summed E-state index contributed by atoms with van der Waals surface area (Å²) < 4.78 is 11.3. The van der Waals surface area contributed by atoms with E-state index in [1.807, 2.05) is 39.8 Å². The van der Waals surface area contributed by atoms with Crippen molar-refractivity contribution < 1.29 is 14.3 Å². The Morgan fingerprint density at radius 3 is 2.62 bits per heavy atom. The SMILES string of the molecule is Cc1ncccc1OCC1(N(C)C(=O)OC(C)(C)C)CC1. The van der Waals surface area contributed by atoms with Crippen LogP contribution in [0.25, 0.3) is 0 Å². The van der Waals surface area contributed by atoms with Crippen molar-refractivity contribution in [3.8, 4) is 5.75 Å². The molecule has 0 saturated heterocycles. The fourth-order valence-corrected chi connectivity index (χ4v) is 2.08. The number of aryl methyl sites for hydroxylation is 1. The number of aromatic nitrogens is 1. The molecular weight excluding hydrogens is 268 g/mol. The Kier molecular flexibility index (Phi) is 4.12. The van der Waals surface area contributed by atoms with E-state index in [1.165, 1.54) is 0 Å². The lowest BCUT2D eigenvalue weighted by atomic mass is 10.2. The van der Waals surface area contributed by atoms with E-state index in [-0.39, 0.29) is 11.6 Å². The lowest BCUT2D eigenvalue weighted by molar-refractivity contribution is 0.0139. The third-order valence-electron chi connectivity index (χ3n) is 3.66. The first-order valence-corrected chi connectivity index (χ1v) is 7.25. The summed E-state index contributed by atoms with van der Waals surface area (Å²) in [6, 6.07) is 3.74. The van der Waals surface area contributed by atoms with Crippen molar-refractivity contribution >= 4 is 6.09 Å². The molecule has 1 fully saturated rings.